The molecule has 0 aliphatic carbocycles. The van der Waals surface area contributed by atoms with Gasteiger partial charge in [0.2, 0.25) is 11.7 Å². The minimum atomic E-state index is -4.74. The van der Waals surface area contributed by atoms with Gasteiger partial charge in [0.05, 0.1) is 19.2 Å². The van der Waals surface area contributed by atoms with E-state index in [-0.39, 0.29) is 18.2 Å². The maximum atomic E-state index is 12.3. The lowest BCUT2D eigenvalue weighted by Crippen LogP contribution is -2.17. The third kappa shape index (κ3) is 4.44. The number of rotatable bonds is 6. The second-order valence-corrected chi connectivity index (χ2v) is 5.14. The second kappa shape index (κ2) is 7.34. The van der Waals surface area contributed by atoms with E-state index in [9.17, 15) is 13.2 Å². The average molecular weight is 365 g/mol. The van der Waals surface area contributed by atoms with Crippen LogP contribution in [0.25, 0.3) is 11.4 Å². The summed E-state index contributed by atoms with van der Waals surface area (Å²) in [5, 5.41) is 6.80. The number of benzene rings is 2. The molecule has 0 unspecified atom stereocenters. The molecule has 0 aliphatic heterocycles. The first-order valence-corrected chi connectivity index (χ1v) is 7.50. The van der Waals surface area contributed by atoms with Crippen LogP contribution >= 0.6 is 0 Å². The summed E-state index contributed by atoms with van der Waals surface area (Å²) in [7, 11) is 1.54. The van der Waals surface area contributed by atoms with Crippen molar-refractivity contribution in [3.8, 4) is 22.9 Å². The van der Waals surface area contributed by atoms with Gasteiger partial charge in [-0.05, 0) is 24.3 Å². The van der Waals surface area contributed by atoms with Gasteiger partial charge in [-0.3, -0.25) is 0 Å². The van der Waals surface area contributed by atoms with Crippen LogP contribution < -0.4 is 14.8 Å². The molecule has 1 aromatic heterocycles. The average Bonchev–Trinajstić information content (AvgIpc) is 3.07. The van der Waals surface area contributed by atoms with Crippen LogP contribution in [0.1, 0.15) is 5.89 Å². The van der Waals surface area contributed by atoms with Gasteiger partial charge in [-0.2, -0.15) is 4.98 Å². The van der Waals surface area contributed by atoms with Crippen LogP contribution in [-0.2, 0) is 6.54 Å². The Bertz CT molecular complexity index is 881. The monoisotopic (exact) mass is 365 g/mol. The molecule has 9 heteroatoms. The second-order valence-electron chi connectivity index (χ2n) is 5.14. The van der Waals surface area contributed by atoms with Crippen LogP contribution in [-0.4, -0.2) is 23.6 Å². The van der Waals surface area contributed by atoms with E-state index in [1.807, 2.05) is 12.1 Å². The lowest BCUT2D eigenvalue weighted by atomic mass is 10.2. The number of nitrogens with zero attached hydrogens (tertiary/aromatic N) is 2. The molecule has 0 spiro atoms. The number of alkyl halides is 3. The number of methoxy groups -OCH3 is 1. The highest BCUT2D eigenvalue weighted by Crippen LogP contribution is 2.28. The van der Waals surface area contributed by atoms with Crippen LogP contribution in [0.2, 0.25) is 0 Å². The number of nitrogens with one attached hydrogen (secondary N) is 1. The lowest BCUT2D eigenvalue weighted by Gasteiger charge is -2.10. The number of anilines is 1. The third-order valence-corrected chi connectivity index (χ3v) is 3.33. The number of hydrogen-bond acceptors (Lipinski definition) is 6. The van der Waals surface area contributed by atoms with Crippen molar-refractivity contribution in [2.75, 3.05) is 12.4 Å². The van der Waals surface area contributed by atoms with Crippen LogP contribution in [0.5, 0.6) is 11.5 Å². The molecule has 0 aliphatic rings. The Labute approximate surface area is 146 Å². The van der Waals surface area contributed by atoms with Crippen LogP contribution in [0.3, 0.4) is 0 Å². The van der Waals surface area contributed by atoms with Crippen LogP contribution in [0.15, 0.2) is 53.1 Å². The van der Waals surface area contributed by atoms with Crippen LogP contribution in [0.4, 0.5) is 18.9 Å². The largest absolute Gasteiger partial charge is 0.573 e. The van der Waals surface area contributed by atoms with Gasteiger partial charge in [0, 0.05) is 11.8 Å². The third-order valence-electron chi connectivity index (χ3n) is 3.33. The number of para-hydroxylation sites is 1. The molecule has 0 radical (unpaired) electrons. The number of aromatic nitrogens is 2. The Kier molecular flexibility index (Phi) is 4.97. The molecule has 0 amide bonds. The van der Waals surface area contributed by atoms with E-state index in [4.69, 9.17) is 9.26 Å². The molecule has 2 aromatic carbocycles. The van der Waals surface area contributed by atoms with Gasteiger partial charge >= 0.3 is 6.36 Å². The maximum absolute atomic E-state index is 12.3. The fraction of sp³-hybridized carbons (Fsp3) is 0.176. The Morgan fingerprint density at radius 3 is 2.69 bits per heavy atom. The molecule has 3 aromatic rings. The fourth-order valence-corrected chi connectivity index (χ4v) is 2.25. The van der Waals surface area contributed by atoms with Gasteiger partial charge in [0.1, 0.15) is 11.5 Å². The minimum Gasteiger partial charge on any atom is -0.496 e. The SMILES string of the molecule is COc1ccccc1-c1noc(CNc2cccc(OC(F)(F)F)c2)n1. The van der Waals surface area contributed by atoms with Crippen molar-refractivity contribution in [2.24, 2.45) is 0 Å². The fourth-order valence-electron chi connectivity index (χ4n) is 2.25. The van der Waals surface area contributed by atoms with E-state index in [2.05, 4.69) is 20.2 Å². The Morgan fingerprint density at radius 2 is 1.92 bits per heavy atom. The molecule has 1 heterocycles. The summed E-state index contributed by atoms with van der Waals surface area (Å²) < 4.78 is 51.1. The molecule has 0 saturated carbocycles. The van der Waals surface area contributed by atoms with Crippen molar-refractivity contribution < 1.29 is 27.2 Å². The zero-order chi connectivity index (χ0) is 18.6. The zero-order valence-corrected chi connectivity index (χ0v) is 13.6. The molecule has 0 fully saturated rings. The van der Waals surface area contributed by atoms with E-state index in [1.165, 1.54) is 25.3 Å². The van der Waals surface area contributed by atoms with Gasteiger partial charge in [0.15, 0.2) is 0 Å². The van der Waals surface area contributed by atoms with Crippen LogP contribution in [0, 0.1) is 0 Å². The molecule has 0 saturated heterocycles. The van der Waals surface area contributed by atoms with Gasteiger partial charge in [-0.15, -0.1) is 13.2 Å². The smallest absolute Gasteiger partial charge is 0.496 e. The molecule has 26 heavy (non-hydrogen) atoms. The van der Waals surface area contributed by atoms with Gasteiger partial charge in [-0.25, -0.2) is 0 Å². The summed E-state index contributed by atoms with van der Waals surface area (Å²) >= 11 is 0. The Hall–Kier alpha value is -3.23. The standard InChI is InChI=1S/C17H14F3N3O3/c1-24-14-8-3-2-7-13(14)16-22-15(26-23-16)10-21-11-5-4-6-12(9-11)25-17(18,19)20/h2-9,21H,10H2,1H3. The predicted octanol–water partition coefficient (Wildman–Crippen LogP) is 4.26. The van der Waals surface area contributed by atoms with Gasteiger partial charge < -0.3 is 19.3 Å². The van der Waals surface area contributed by atoms with Crippen molar-refractivity contribution in [1.82, 2.24) is 10.1 Å². The van der Waals surface area contributed by atoms with Gasteiger partial charge in [0.25, 0.3) is 0 Å². The summed E-state index contributed by atoms with van der Waals surface area (Å²) in [5.74, 6) is 0.911. The highest BCUT2D eigenvalue weighted by Gasteiger charge is 2.31. The summed E-state index contributed by atoms with van der Waals surface area (Å²) in [6.45, 7) is 0.137. The molecule has 1 N–H and O–H groups in total. The first-order valence-electron chi connectivity index (χ1n) is 7.50. The molecule has 0 bridgehead atoms. The summed E-state index contributed by atoms with van der Waals surface area (Å²) in [6.07, 6.45) is -4.74. The zero-order valence-electron chi connectivity index (χ0n) is 13.6. The molecular weight excluding hydrogens is 351 g/mol. The van der Waals surface area contributed by atoms with Crippen molar-refractivity contribution in [3.05, 3.63) is 54.4 Å². The first kappa shape index (κ1) is 17.6. The van der Waals surface area contributed by atoms with E-state index < -0.39 is 6.36 Å². The van der Waals surface area contributed by atoms with Crippen molar-refractivity contribution in [2.45, 2.75) is 12.9 Å². The van der Waals surface area contributed by atoms with Crippen molar-refractivity contribution in [3.63, 3.8) is 0 Å². The highest BCUT2D eigenvalue weighted by molar-refractivity contribution is 5.63. The topological polar surface area (TPSA) is 69.4 Å². The van der Waals surface area contributed by atoms with E-state index in [0.717, 1.165) is 0 Å². The Morgan fingerprint density at radius 1 is 1.12 bits per heavy atom. The predicted molar refractivity (Wildman–Crippen MR) is 86.7 cm³/mol. The highest BCUT2D eigenvalue weighted by atomic mass is 19.4. The first-order chi connectivity index (χ1) is 12.4. The maximum Gasteiger partial charge on any atom is 0.573 e. The quantitative estimate of drug-likeness (QED) is 0.704. The summed E-state index contributed by atoms with van der Waals surface area (Å²) in [5.41, 5.74) is 1.09. The Balaban J connectivity index is 1.68. The normalized spacial score (nSPS) is 11.2. The van der Waals surface area contributed by atoms with E-state index in [0.29, 0.717) is 22.8 Å². The molecule has 0 atom stereocenters. The summed E-state index contributed by atoms with van der Waals surface area (Å²) in [4.78, 5) is 4.25. The van der Waals surface area contributed by atoms with E-state index >= 15 is 0 Å². The van der Waals surface area contributed by atoms with Crippen molar-refractivity contribution >= 4 is 5.69 Å². The molecule has 6 nitrogen and oxygen atoms in total. The number of hydrogen-bond donors (Lipinski definition) is 1. The van der Waals surface area contributed by atoms with Crippen molar-refractivity contribution in [1.29, 1.82) is 0 Å². The molecular formula is C17H14F3N3O3. The number of halogens is 3. The molecule has 3 rings (SSSR count). The molecule has 136 valence electrons. The minimum absolute atomic E-state index is 0.137. The summed E-state index contributed by atoms with van der Waals surface area (Å²) in [6, 6.07) is 12.7. The van der Waals surface area contributed by atoms with Gasteiger partial charge in [-0.1, -0.05) is 23.4 Å². The lowest BCUT2D eigenvalue weighted by molar-refractivity contribution is -0.274. The van der Waals surface area contributed by atoms with E-state index in [1.54, 1.807) is 18.2 Å². The number of ether oxygens (including phenoxy) is 2.